The molecule has 282 valence electrons. The van der Waals surface area contributed by atoms with Crippen LogP contribution in [0.25, 0.3) is 0 Å². The molecule has 0 amide bonds. The molecule has 0 aliphatic rings. The van der Waals surface area contributed by atoms with Gasteiger partial charge in [0.1, 0.15) is 40.6 Å². The van der Waals surface area contributed by atoms with Crippen LogP contribution in [0.15, 0.2) is 24.3 Å². The number of hydrogen-bond acceptors (Lipinski definition) is 3. The zero-order chi connectivity index (χ0) is 39.2. The molecule has 0 aliphatic carbocycles. The fraction of sp³-hybridized carbons (Fsp3) is 0.250. The van der Waals surface area contributed by atoms with Gasteiger partial charge in [0.15, 0.2) is 52.4 Å². The molecule has 0 spiro atoms. The lowest BCUT2D eigenvalue weighted by atomic mass is 9.27. The molecular weight excluding hydrogens is 756 g/mol. The predicted molar refractivity (Wildman–Crippen MR) is 166 cm³/mol. The van der Waals surface area contributed by atoms with E-state index in [9.17, 15) is 39.5 Å². The quantitative estimate of drug-likeness (QED) is 0.0392. The van der Waals surface area contributed by atoms with E-state index in [-0.39, 0.29) is 16.8 Å². The number of anilines is 1. The minimum atomic E-state index is -6.03. The first-order chi connectivity index (χ1) is 24.1. The fourth-order valence-electron chi connectivity index (χ4n) is 5.58. The van der Waals surface area contributed by atoms with Crippen LogP contribution in [0.4, 0.5) is 77.2 Å². The average molecular weight is 780 g/mol. The Morgan fingerprint density at radius 1 is 0.500 bits per heavy atom. The lowest BCUT2D eigenvalue weighted by Crippen LogP contribution is -2.75. The van der Waals surface area contributed by atoms with Gasteiger partial charge in [-0.2, -0.15) is 11.8 Å². The minimum absolute atomic E-state index is 0.110. The normalized spacial score (nSPS) is 12.2. The smallest absolute Gasteiger partial charge is 0.216 e. The van der Waals surface area contributed by atoms with Gasteiger partial charge in [-0.1, -0.05) is 16.4 Å². The van der Waals surface area contributed by atoms with Crippen molar-refractivity contribution in [3.8, 4) is 0 Å². The van der Waals surface area contributed by atoms with Crippen LogP contribution in [-0.4, -0.2) is 59.2 Å². The molecule has 0 saturated heterocycles. The van der Waals surface area contributed by atoms with Crippen LogP contribution in [0.3, 0.4) is 0 Å². The highest BCUT2D eigenvalue weighted by molar-refractivity contribution is 7.99. The standard InChI is InChI=1S/C32H24BF15N2OS/c1-49(2)13-5-7-14(8-6-13)50(3,4)9-11-52-12-10-51-33(15-18(34)24(40)30(46)25(41)19(15)35,16-20(36)26(42)31(47)27(43)21(16)37)17-22(38)28(44)32(48)29(45)23(17)39/h5-8H,9-12H2,1-4H3. The van der Waals surface area contributed by atoms with E-state index in [1.165, 1.54) is 0 Å². The molecule has 0 unspecified atom stereocenters. The second-order valence-electron chi connectivity index (χ2n) is 12.0. The maximum atomic E-state index is 15.5. The zero-order valence-corrected chi connectivity index (χ0v) is 27.9. The molecule has 4 aromatic carbocycles. The Labute approximate surface area is 290 Å². The van der Waals surface area contributed by atoms with Gasteiger partial charge in [0.2, 0.25) is 6.35 Å². The van der Waals surface area contributed by atoms with Gasteiger partial charge in [-0.25, -0.2) is 65.9 Å². The van der Waals surface area contributed by atoms with Crippen LogP contribution in [0.2, 0.25) is 0 Å². The number of benzene rings is 4. The van der Waals surface area contributed by atoms with Gasteiger partial charge >= 0.3 is 0 Å². The SMILES string of the molecule is CN(C)c1ccc([N+](C)(C)CCSCCO[B-](c2c(F)c(F)c(F)c(F)c2F)(c2c(F)c(F)c(F)c(F)c2F)c2c(F)c(F)c(F)c(F)c2F)cc1. The molecule has 0 N–H and O–H groups in total. The Balaban J connectivity index is 1.93. The predicted octanol–water partition coefficient (Wildman–Crippen LogP) is 6.82. The van der Waals surface area contributed by atoms with E-state index in [4.69, 9.17) is 4.65 Å². The van der Waals surface area contributed by atoms with Gasteiger partial charge in [0.25, 0.3) is 0 Å². The van der Waals surface area contributed by atoms with E-state index in [0.717, 1.165) is 23.1 Å². The van der Waals surface area contributed by atoms with Crippen molar-refractivity contribution in [3.05, 3.63) is 112 Å². The van der Waals surface area contributed by atoms with Crippen LogP contribution in [0.5, 0.6) is 0 Å². The summed E-state index contributed by atoms with van der Waals surface area (Å²) in [5.41, 5.74) is -6.74. The molecule has 0 atom stereocenters. The molecule has 4 aromatic rings. The first kappa shape index (κ1) is 40.7. The van der Waals surface area contributed by atoms with Crippen LogP contribution >= 0.6 is 11.8 Å². The summed E-state index contributed by atoms with van der Waals surface area (Å²) < 4.78 is 229. The average Bonchev–Trinajstić information content (AvgIpc) is 3.11. The highest BCUT2D eigenvalue weighted by Gasteiger charge is 2.49. The minimum Gasteiger partial charge on any atom is -0.578 e. The molecular formula is C32H24BF15N2OS. The van der Waals surface area contributed by atoms with Gasteiger partial charge in [-0.15, -0.1) is 0 Å². The summed E-state index contributed by atoms with van der Waals surface area (Å²) in [5.74, 6) is -46.7. The van der Waals surface area contributed by atoms with Crippen molar-refractivity contribution in [3.63, 3.8) is 0 Å². The summed E-state index contributed by atoms with van der Waals surface area (Å²) in [5, 5.41) is 0. The molecule has 0 aromatic heterocycles. The third-order valence-corrected chi connectivity index (χ3v) is 9.33. The monoisotopic (exact) mass is 780 g/mol. The van der Waals surface area contributed by atoms with Crippen molar-refractivity contribution in [2.45, 2.75) is 0 Å². The highest BCUT2D eigenvalue weighted by atomic mass is 32.2. The topological polar surface area (TPSA) is 12.5 Å². The second kappa shape index (κ2) is 15.1. The van der Waals surface area contributed by atoms with Crippen LogP contribution in [-0.2, 0) is 4.65 Å². The molecule has 0 heterocycles. The molecule has 0 aliphatic heterocycles. The number of rotatable bonds is 12. The van der Waals surface area contributed by atoms with Gasteiger partial charge < -0.3 is 9.55 Å². The van der Waals surface area contributed by atoms with E-state index < -0.39 is 122 Å². The molecule has 4 rings (SSSR count). The van der Waals surface area contributed by atoms with Crippen LogP contribution in [0.1, 0.15) is 0 Å². The number of quaternary nitrogens is 1. The summed E-state index contributed by atoms with van der Waals surface area (Å²) in [4.78, 5) is 1.84. The lowest BCUT2D eigenvalue weighted by molar-refractivity contribution is 0.331. The van der Waals surface area contributed by atoms with Crippen molar-refractivity contribution in [2.24, 2.45) is 0 Å². The van der Waals surface area contributed by atoms with Gasteiger partial charge in [0.05, 0.1) is 20.6 Å². The van der Waals surface area contributed by atoms with Gasteiger partial charge in [-0.3, -0.25) is 4.48 Å². The number of hydrogen-bond donors (Lipinski definition) is 0. The van der Waals surface area contributed by atoms with Crippen molar-refractivity contribution >= 4 is 45.9 Å². The maximum absolute atomic E-state index is 15.5. The van der Waals surface area contributed by atoms with E-state index in [1.807, 2.05) is 31.1 Å². The molecule has 0 radical (unpaired) electrons. The Morgan fingerprint density at radius 2 is 0.808 bits per heavy atom. The largest absolute Gasteiger partial charge is 0.578 e. The van der Waals surface area contributed by atoms with Crippen LogP contribution < -0.4 is 25.8 Å². The molecule has 3 nitrogen and oxygen atoms in total. The Hall–Kier alpha value is -4.04. The third kappa shape index (κ3) is 6.79. The first-order valence-corrected chi connectivity index (χ1v) is 15.8. The van der Waals surface area contributed by atoms with E-state index in [0.29, 0.717) is 0 Å². The molecule has 52 heavy (non-hydrogen) atoms. The summed E-state index contributed by atoms with van der Waals surface area (Å²) in [6, 6.07) is 7.24. The van der Waals surface area contributed by atoms with Gasteiger partial charge in [0, 0.05) is 50.0 Å². The summed E-state index contributed by atoms with van der Waals surface area (Å²) in [6.45, 7) is -1.07. The van der Waals surface area contributed by atoms with E-state index >= 15 is 26.3 Å². The molecule has 20 heteroatoms. The first-order valence-electron chi connectivity index (χ1n) is 14.7. The molecule has 0 fully saturated rings. The third-order valence-electron chi connectivity index (χ3n) is 8.41. The number of nitrogens with zero attached hydrogens (tertiary/aromatic N) is 2. The Bertz CT molecular complexity index is 1770. The lowest BCUT2D eigenvalue weighted by Gasteiger charge is -2.44. The van der Waals surface area contributed by atoms with Crippen molar-refractivity contribution in [1.29, 1.82) is 0 Å². The van der Waals surface area contributed by atoms with Gasteiger partial charge in [-0.05, 0) is 12.1 Å². The number of halogens is 15. The van der Waals surface area contributed by atoms with E-state index in [2.05, 4.69) is 0 Å². The molecule has 0 saturated carbocycles. The zero-order valence-electron chi connectivity index (χ0n) is 27.1. The maximum Gasteiger partial charge on any atom is 0.216 e. The molecule has 0 bridgehead atoms. The van der Waals surface area contributed by atoms with Crippen molar-refractivity contribution in [1.82, 2.24) is 4.48 Å². The number of thioether (sulfide) groups is 1. The summed E-state index contributed by atoms with van der Waals surface area (Å²) >= 11 is 0.835. The van der Waals surface area contributed by atoms with Crippen molar-refractivity contribution < 1.29 is 70.5 Å². The summed E-state index contributed by atoms with van der Waals surface area (Å²) in [7, 11) is 7.16. The van der Waals surface area contributed by atoms with Crippen LogP contribution in [0, 0.1) is 87.3 Å². The second-order valence-corrected chi connectivity index (χ2v) is 13.3. The highest BCUT2D eigenvalue weighted by Crippen LogP contribution is 2.29. The summed E-state index contributed by atoms with van der Waals surface area (Å²) in [6.07, 6.45) is -6.03. The Kier molecular flexibility index (Phi) is 11.9. The van der Waals surface area contributed by atoms with E-state index in [1.54, 1.807) is 26.2 Å². The Morgan fingerprint density at radius 3 is 1.12 bits per heavy atom. The van der Waals surface area contributed by atoms with Crippen molar-refractivity contribution in [2.75, 3.05) is 57.7 Å². The fourth-order valence-corrected chi connectivity index (χ4v) is 6.59.